The molecule has 0 spiro atoms. The lowest BCUT2D eigenvalue weighted by atomic mass is 10.1. The highest BCUT2D eigenvalue weighted by atomic mass is 35.5. The van der Waals surface area contributed by atoms with Gasteiger partial charge < -0.3 is 10.6 Å². The molecule has 2 heterocycles. The number of nitrogens with zero attached hydrogens (tertiary/aromatic N) is 3. The summed E-state index contributed by atoms with van der Waals surface area (Å²) >= 11 is 5.89. The number of H-pyrrole nitrogens is 1. The fraction of sp³-hybridized carbons (Fsp3) is 0.368. The van der Waals surface area contributed by atoms with E-state index in [0.717, 1.165) is 12.0 Å². The van der Waals surface area contributed by atoms with Gasteiger partial charge in [-0.1, -0.05) is 30.7 Å². The van der Waals surface area contributed by atoms with Crippen LogP contribution in [0, 0.1) is 6.92 Å². The van der Waals surface area contributed by atoms with Gasteiger partial charge in [0.25, 0.3) is 11.3 Å². The third kappa shape index (κ3) is 4.69. The average Bonchev–Trinajstić information content (AvgIpc) is 3.08. The molecule has 0 aliphatic carbocycles. The van der Waals surface area contributed by atoms with Gasteiger partial charge in [0.05, 0.1) is 5.69 Å². The van der Waals surface area contributed by atoms with Crippen LogP contribution in [0.1, 0.15) is 36.6 Å². The van der Waals surface area contributed by atoms with Crippen molar-refractivity contribution in [2.45, 2.75) is 39.7 Å². The Morgan fingerprint density at radius 1 is 1.25 bits per heavy atom. The van der Waals surface area contributed by atoms with Gasteiger partial charge in [0.1, 0.15) is 0 Å². The number of benzene rings is 1. The average molecular weight is 403 g/mol. The summed E-state index contributed by atoms with van der Waals surface area (Å²) in [6.07, 6.45) is 1.46. The number of aryl methyl sites for hydroxylation is 1. The summed E-state index contributed by atoms with van der Waals surface area (Å²) in [6, 6.07) is 7.45. The largest absolute Gasteiger partial charge is 0.356 e. The first-order valence-electron chi connectivity index (χ1n) is 9.21. The summed E-state index contributed by atoms with van der Waals surface area (Å²) in [6.45, 7) is 4.91. The number of fused-ring (bicyclic) bond motifs is 1. The molecule has 0 unspecified atom stereocenters. The molecule has 3 rings (SSSR count). The Hall–Kier alpha value is -2.87. The second-order valence-electron chi connectivity index (χ2n) is 6.52. The Morgan fingerprint density at radius 3 is 2.71 bits per heavy atom. The molecule has 148 valence electrons. The van der Waals surface area contributed by atoms with Crippen molar-refractivity contribution >= 4 is 29.2 Å². The first-order valence-corrected chi connectivity index (χ1v) is 9.59. The van der Waals surface area contributed by atoms with Crippen LogP contribution in [0.2, 0.25) is 5.02 Å². The molecule has 0 saturated carbocycles. The van der Waals surface area contributed by atoms with Crippen LogP contribution in [0.25, 0.3) is 5.78 Å². The Balaban J connectivity index is 1.74. The van der Waals surface area contributed by atoms with Crippen LogP contribution in [0.5, 0.6) is 0 Å². The van der Waals surface area contributed by atoms with E-state index in [4.69, 9.17) is 11.6 Å². The minimum absolute atomic E-state index is 0.0688. The molecule has 0 fully saturated rings. The van der Waals surface area contributed by atoms with E-state index in [-0.39, 0.29) is 17.9 Å². The van der Waals surface area contributed by atoms with Gasteiger partial charge in [-0.15, -0.1) is 0 Å². The highest BCUT2D eigenvalue weighted by molar-refractivity contribution is 6.30. The zero-order valence-corrected chi connectivity index (χ0v) is 16.6. The number of nitrogens with one attached hydrogen (secondary N) is 3. The molecule has 1 amide bonds. The third-order valence-electron chi connectivity index (χ3n) is 4.34. The van der Waals surface area contributed by atoms with E-state index < -0.39 is 0 Å². The highest BCUT2D eigenvalue weighted by Gasteiger charge is 2.14. The number of hydrogen-bond acceptors (Lipinski definition) is 5. The van der Waals surface area contributed by atoms with Crippen LogP contribution in [0.4, 0.5) is 5.95 Å². The summed E-state index contributed by atoms with van der Waals surface area (Å²) in [7, 11) is 0. The summed E-state index contributed by atoms with van der Waals surface area (Å²) in [5.74, 6) is 0.665. The van der Waals surface area contributed by atoms with Gasteiger partial charge in [-0.05, 0) is 37.5 Å². The van der Waals surface area contributed by atoms with E-state index in [1.54, 1.807) is 6.92 Å². The van der Waals surface area contributed by atoms with E-state index >= 15 is 0 Å². The van der Waals surface area contributed by atoms with E-state index in [0.29, 0.717) is 47.5 Å². The van der Waals surface area contributed by atoms with Gasteiger partial charge in [-0.3, -0.25) is 14.7 Å². The van der Waals surface area contributed by atoms with E-state index in [2.05, 4.69) is 25.7 Å². The maximum absolute atomic E-state index is 12.8. The fourth-order valence-corrected chi connectivity index (χ4v) is 2.93. The van der Waals surface area contributed by atoms with E-state index in [9.17, 15) is 9.59 Å². The molecular formula is C19H23ClN6O2. The predicted molar refractivity (Wildman–Crippen MR) is 109 cm³/mol. The van der Waals surface area contributed by atoms with Gasteiger partial charge >= 0.3 is 0 Å². The normalized spacial score (nSPS) is 11.0. The molecule has 0 radical (unpaired) electrons. The van der Waals surface area contributed by atoms with E-state index in [1.807, 2.05) is 31.2 Å². The minimum Gasteiger partial charge on any atom is -0.356 e. The smallest absolute Gasteiger partial charge is 0.277 e. The first kappa shape index (κ1) is 19.9. The molecule has 1 aromatic carbocycles. The predicted octanol–water partition coefficient (Wildman–Crippen LogP) is 2.45. The summed E-state index contributed by atoms with van der Waals surface area (Å²) in [4.78, 5) is 33.3. The van der Waals surface area contributed by atoms with Crippen LogP contribution in [0.15, 0.2) is 29.1 Å². The lowest BCUT2D eigenvalue weighted by Crippen LogP contribution is -2.27. The SMILES string of the molecule is CCCNC(=O)CCc1c(C)nc2nc(NCc3ccc(Cl)cc3)[nH]n2c1=O. The Morgan fingerprint density at radius 2 is 2.00 bits per heavy atom. The molecule has 0 atom stereocenters. The molecular weight excluding hydrogens is 380 g/mol. The number of aromatic nitrogens is 4. The monoisotopic (exact) mass is 402 g/mol. The number of amides is 1. The molecule has 3 aromatic rings. The lowest BCUT2D eigenvalue weighted by molar-refractivity contribution is -0.121. The fourth-order valence-electron chi connectivity index (χ4n) is 2.80. The minimum atomic E-state index is -0.238. The van der Waals surface area contributed by atoms with Crippen LogP contribution in [-0.4, -0.2) is 32.0 Å². The molecule has 2 aromatic heterocycles. The van der Waals surface area contributed by atoms with Crippen molar-refractivity contribution in [2.75, 3.05) is 11.9 Å². The first-order chi connectivity index (χ1) is 13.5. The Kier molecular flexibility index (Phi) is 6.30. The van der Waals surface area contributed by atoms with Gasteiger partial charge in [-0.25, -0.2) is 4.98 Å². The standard InChI is InChI=1S/C19H23ClN6O2/c1-3-10-21-16(27)9-8-15-12(2)23-19-24-18(25-26(19)17(15)28)22-11-13-4-6-14(20)7-5-13/h4-7H,3,8-11H2,1-2H3,(H,21,27)(H2,22,23,24,25). The van der Waals surface area contributed by atoms with Gasteiger partial charge in [0, 0.05) is 30.1 Å². The number of carbonyl (C=O) groups is 1. The molecule has 0 bridgehead atoms. The van der Waals surface area contributed by atoms with Crippen molar-refractivity contribution in [1.82, 2.24) is 24.9 Å². The number of carbonyl (C=O) groups excluding carboxylic acids is 1. The summed E-state index contributed by atoms with van der Waals surface area (Å²) in [5.41, 5.74) is 1.89. The molecule has 8 nitrogen and oxygen atoms in total. The van der Waals surface area contributed by atoms with E-state index in [1.165, 1.54) is 4.52 Å². The number of hydrogen-bond donors (Lipinski definition) is 3. The zero-order chi connectivity index (χ0) is 20.1. The van der Waals surface area contributed by atoms with Crippen molar-refractivity contribution in [2.24, 2.45) is 0 Å². The van der Waals surface area contributed by atoms with Crippen molar-refractivity contribution in [3.8, 4) is 0 Å². The van der Waals surface area contributed by atoms with Crippen molar-refractivity contribution in [3.05, 3.63) is 56.5 Å². The Bertz CT molecular complexity index is 1030. The Labute approximate surface area is 167 Å². The second kappa shape index (κ2) is 8.88. The van der Waals surface area contributed by atoms with Gasteiger partial charge in [0.15, 0.2) is 0 Å². The third-order valence-corrected chi connectivity index (χ3v) is 4.59. The number of rotatable bonds is 8. The second-order valence-corrected chi connectivity index (χ2v) is 6.95. The number of anilines is 1. The maximum atomic E-state index is 12.8. The van der Waals surface area contributed by atoms with Crippen molar-refractivity contribution in [1.29, 1.82) is 0 Å². The lowest BCUT2D eigenvalue weighted by Gasteiger charge is -2.05. The zero-order valence-electron chi connectivity index (χ0n) is 15.9. The molecule has 0 aliphatic rings. The molecule has 28 heavy (non-hydrogen) atoms. The molecule has 9 heteroatoms. The van der Waals surface area contributed by atoms with Crippen LogP contribution in [0.3, 0.4) is 0 Å². The topological polar surface area (TPSA) is 104 Å². The van der Waals surface area contributed by atoms with Gasteiger partial charge in [0.2, 0.25) is 11.9 Å². The summed E-state index contributed by atoms with van der Waals surface area (Å²) in [5, 5.41) is 9.55. The number of halogens is 1. The van der Waals surface area contributed by atoms with Crippen LogP contribution >= 0.6 is 11.6 Å². The van der Waals surface area contributed by atoms with Crippen molar-refractivity contribution in [3.63, 3.8) is 0 Å². The van der Waals surface area contributed by atoms with Gasteiger partial charge in [-0.2, -0.15) is 9.50 Å². The van der Waals surface area contributed by atoms with Crippen molar-refractivity contribution < 1.29 is 4.79 Å². The van der Waals surface area contributed by atoms with Crippen LogP contribution < -0.4 is 16.2 Å². The maximum Gasteiger partial charge on any atom is 0.277 e. The molecule has 0 saturated heterocycles. The summed E-state index contributed by atoms with van der Waals surface area (Å²) < 4.78 is 1.30. The number of aromatic amines is 1. The molecule has 0 aliphatic heterocycles. The molecule has 3 N–H and O–H groups in total. The highest BCUT2D eigenvalue weighted by Crippen LogP contribution is 2.11. The van der Waals surface area contributed by atoms with Crippen LogP contribution in [-0.2, 0) is 17.8 Å². The quantitative estimate of drug-likeness (QED) is 0.537.